The molecule has 1 N–H and O–H groups in total. The van der Waals surface area contributed by atoms with E-state index in [9.17, 15) is 9.59 Å². The van der Waals surface area contributed by atoms with Crippen LogP contribution < -0.4 is 10.2 Å². The van der Waals surface area contributed by atoms with Crippen LogP contribution in [0.2, 0.25) is 0 Å². The summed E-state index contributed by atoms with van der Waals surface area (Å²) in [7, 11) is 0. The molecule has 2 aliphatic rings. The molecule has 9 heteroatoms. The number of aromatic nitrogens is 4. The van der Waals surface area contributed by atoms with Crippen molar-refractivity contribution in [2.24, 2.45) is 5.92 Å². The molecule has 0 aliphatic carbocycles. The SMILES string of the molecule is Cc1cnc(C(=O)N2CCC(c3ccc(NC(=O)C4CN(c5cccnn5)C4)cc3)CC2)cn1. The predicted octanol–water partition coefficient (Wildman–Crippen LogP) is 2.67. The first-order valence-electron chi connectivity index (χ1n) is 11.6. The van der Waals surface area contributed by atoms with Crippen LogP contribution in [-0.4, -0.2) is 63.1 Å². The maximum Gasteiger partial charge on any atom is 0.274 e. The Hall–Kier alpha value is -3.88. The highest BCUT2D eigenvalue weighted by atomic mass is 16.2. The van der Waals surface area contributed by atoms with Crippen LogP contribution in [0, 0.1) is 12.8 Å². The van der Waals surface area contributed by atoms with Crippen molar-refractivity contribution in [3.05, 3.63) is 71.9 Å². The zero-order chi connectivity index (χ0) is 23.5. The number of likely N-dealkylation sites (tertiary alicyclic amines) is 1. The summed E-state index contributed by atoms with van der Waals surface area (Å²) >= 11 is 0. The summed E-state index contributed by atoms with van der Waals surface area (Å²) < 4.78 is 0. The lowest BCUT2D eigenvalue weighted by Crippen LogP contribution is -2.52. The maximum absolute atomic E-state index is 12.7. The second-order valence-corrected chi connectivity index (χ2v) is 8.90. The van der Waals surface area contributed by atoms with Gasteiger partial charge in [0.05, 0.1) is 17.8 Å². The van der Waals surface area contributed by atoms with Crippen LogP contribution in [0.25, 0.3) is 0 Å². The normalized spacial score (nSPS) is 16.7. The maximum atomic E-state index is 12.7. The largest absolute Gasteiger partial charge is 0.353 e. The van der Waals surface area contributed by atoms with Crippen molar-refractivity contribution in [2.45, 2.75) is 25.7 Å². The Bertz CT molecular complexity index is 1140. The molecule has 34 heavy (non-hydrogen) atoms. The Morgan fingerprint density at radius 2 is 1.76 bits per heavy atom. The third kappa shape index (κ3) is 4.73. The molecule has 0 bridgehead atoms. The molecule has 9 nitrogen and oxygen atoms in total. The first-order valence-corrected chi connectivity index (χ1v) is 11.6. The summed E-state index contributed by atoms with van der Waals surface area (Å²) in [6.07, 6.45) is 6.61. The first-order chi connectivity index (χ1) is 16.6. The van der Waals surface area contributed by atoms with E-state index in [1.54, 1.807) is 18.6 Å². The van der Waals surface area contributed by atoms with Gasteiger partial charge in [-0.1, -0.05) is 12.1 Å². The van der Waals surface area contributed by atoms with E-state index in [0.717, 1.165) is 30.0 Å². The number of carbonyl (C=O) groups is 2. The fourth-order valence-electron chi connectivity index (χ4n) is 4.46. The van der Waals surface area contributed by atoms with Crippen LogP contribution in [0.3, 0.4) is 0 Å². The number of anilines is 2. The summed E-state index contributed by atoms with van der Waals surface area (Å²) in [4.78, 5) is 37.5. The average Bonchev–Trinajstić information content (AvgIpc) is 2.84. The first kappa shape index (κ1) is 21.9. The van der Waals surface area contributed by atoms with E-state index in [-0.39, 0.29) is 17.7 Å². The van der Waals surface area contributed by atoms with Gasteiger partial charge in [-0.3, -0.25) is 14.6 Å². The average molecular weight is 458 g/mol. The zero-order valence-corrected chi connectivity index (χ0v) is 19.1. The molecule has 2 fully saturated rings. The van der Waals surface area contributed by atoms with Crippen LogP contribution in [0.15, 0.2) is 55.0 Å². The number of rotatable bonds is 5. The quantitative estimate of drug-likeness (QED) is 0.628. The monoisotopic (exact) mass is 457 g/mol. The third-order valence-electron chi connectivity index (χ3n) is 6.57. The Balaban J connectivity index is 1.10. The topological polar surface area (TPSA) is 104 Å². The van der Waals surface area contributed by atoms with E-state index in [1.165, 1.54) is 5.56 Å². The standard InChI is InChI=1S/C25H27N7O2/c1-17-13-27-22(14-26-17)25(34)31-11-8-19(9-12-31)18-4-6-21(7-5-18)29-24(33)20-15-32(16-20)23-3-2-10-28-30-23/h2-7,10,13-14,19-20H,8-9,11-12,15-16H2,1H3,(H,29,33). The summed E-state index contributed by atoms with van der Waals surface area (Å²) in [5.41, 5.74) is 3.23. The molecule has 2 aliphatic heterocycles. The number of hydrogen-bond acceptors (Lipinski definition) is 7. The number of nitrogens with one attached hydrogen (secondary N) is 1. The number of benzene rings is 1. The molecule has 2 amide bonds. The fraction of sp³-hybridized carbons (Fsp3) is 0.360. The smallest absolute Gasteiger partial charge is 0.274 e. The Morgan fingerprint density at radius 3 is 2.41 bits per heavy atom. The van der Waals surface area contributed by atoms with E-state index in [1.807, 2.05) is 41.0 Å². The van der Waals surface area contributed by atoms with Gasteiger partial charge in [-0.05, 0) is 55.5 Å². The van der Waals surface area contributed by atoms with Gasteiger partial charge in [-0.15, -0.1) is 5.10 Å². The molecule has 2 aromatic heterocycles. The number of amides is 2. The minimum absolute atomic E-state index is 0.0268. The van der Waals surface area contributed by atoms with E-state index in [0.29, 0.717) is 37.8 Å². The van der Waals surface area contributed by atoms with Gasteiger partial charge in [-0.25, -0.2) is 4.98 Å². The molecule has 2 saturated heterocycles. The molecule has 1 aromatic carbocycles. The summed E-state index contributed by atoms with van der Waals surface area (Å²) in [5, 5.41) is 11.0. The highest BCUT2D eigenvalue weighted by molar-refractivity contribution is 5.94. The highest BCUT2D eigenvalue weighted by Crippen LogP contribution is 2.30. The van der Waals surface area contributed by atoms with Crippen LogP contribution in [-0.2, 0) is 4.79 Å². The van der Waals surface area contributed by atoms with Crippen LogP contribution in [0.4, 0.5) is 11.5 Å². The lowest BCUT2D eigenvalue weighted by Gasteiger charge is -2.38. The van der Waals surface area contributed by atoms with E-state index < -0.39 is 0 Å². The molecule has 174 valence electrons. The lowest BCUT2D eigenvalue weighted by molar-refractivity contribution is -0.120. The molecule has 0 atom stereocenters. The molecule has 5 rings (SSSR count). The van der Waals surface area contributed by atoms with Gasteiger partial charge in [0, 0.05) is 44.3 Å². The van der Waals surface area contributed by atoms with E-state index in [4.69, 9.17) is 0 Å². The number of nitrogens with zero attached hydrogens (tertiary/aromatic N) is 6. The lowest BCUT2D eigenvalue weighted by atomic mass is 9.89. The molecule has 0 saturated carbocycles. The van der Waals surface area contributed by atoms with Crippen molar-refractivity contribution in [1.29, 1.82) is 0 Å². The second kappa shape index (κ2) is 9.54. The molecule has 0 unspecified atom stereocenters. The minimum Gasteiger partial charge on any atom is -0.353 e. The Kier molecular flexibility index (Phi) is 6.16. The molecule has 0 radical (unpaired) electrons. The highest BCUT2D eigenvalue weighted by Gasteiger charge is 2.33. The predicted molar refractivity (Wildman–Crippen MR) is 127 cm³/mol. The van der Waals surface area contributed by atoms with Crippen molar-refractivity contribution >= 4 is 23.3 Å². The molecule has 3 aromatic rings. The van der Waals surface area contributed by atoms with Crippen LogP contribution in [0.1, 0.15) is 40.5 Å². The number of aryl methyl sites for hydroxylation is 1. The summed E-state index contributed by atoms with van der Waals surface area (Å²) in [6, 6.07) is 11.8. The molecular weight excluding hydrogens is 430 g/mol. The van der Waals surface area contributed by atoms with Gasteiger partial charge in [0.2, 0.25) is 5.91 Å². The van der Waals surface area contributed by atoms with E-state index >= 15 is 0 Å². The minimum atomic E-state index is -0.0575. The van der Waals surface area contributed by atoms with Gasteiger partial charge in [0.25, 0.3) is 5.91 Å². The van der Waals surface area contributed by atoms with Gasteiger partial charge in [-0.2, -0.15) is 5.10 Å². The molecular formula is C25H27N7O2. The van der Waals surface area contributed by atoms with Gasteiger partial charge in [0.15, 0.2) is 5.82 Å². The van der Waals surface area contributed by atoms with Crippen molar-refractivity contribution in [2.75, 3.05) is 36.4 Å². The zero-order valence-electron chi connectivity index (χ0n) is 19.1. The van der Waals surface area contributed by atoms with Gasteiger partial charge < -0.3 is 15.1 Å². The van der Waals surface area contributed by atoms with Crippen LogP contribution >= 0.6 is 0 Å². The molecule has 0 spiro atoms. The van der Waals surface area contributed by atoms with Gasteiger partial charge in [0.1, 0.15) is 5.69 Å². The Morgan fingerprint density at radius 1 is 1.00 bits per heavy atom. The number of piperidine rings is 1. The van der Waals surface area contributed by atoms with Crippen molar-refractivity contribution in [3.63, 3.8) is 0 Å². The number of hydrogen-bond donors (Lipinski definition) is 1. The molecule has 4 heterocycles. The van der Waals surface area contributed by atoms with Crippen LogP contribution in [0.5, 0.6) is 0 Å². The van der Waals surface area contributed by atoms with Gasteiger partial charge >= 0.3 is 0 Å². The van der Waals surface area contributed by atoms with E-state index in [2.05, 4.69) is 37.6 Å². The Labute approximate surface area is 198 Å². The summed E-state index contributed by atoms with van der Waals surface area (Å²) in [6.45, 7) is 4.54. The number of carbonyl (C=O) groups excluding carboxylic acids is 2. The summed E-state index contributed by atoms with van der Waals surface area (Å²) in [5.74, 6) is 1.11. The van der Waals surface area contributed by atoms with Crippen molar-refractivity contribution in [1.82, 2.24) is 25.1 Å². The van der Waals surface area contributed by atoms with Crippen molar-refractivity contribution in [3.8, 4) is 0 Å². The third-order valence-corrected chi connectivity index (χ3v) is 6.57. The fourth-order valence-corrected chi connectivity index (χ4v) is 4.46. The second-order valence-electron chi connectivity index (χ2n) is 8.90. The van der Waals surface area contributed by atoms with Crippen molar-refractivity contribution < 1.29 is 9.59 Å².